The first-order valence-corrected chi connectivity index (χ1v) is 3.01. The fraction of sp³-hybridized carbons (Fsp3) is 1.00. The zero-order chi connectivity index (χ0) is 6.57. The molecule has 0 radical (unpaired) electrons. The molecule has 0 aromatic heterocycles. The highest BCUT2D eigenvalue weighted by molar-refractivity contribution is 4.59. The minimum Gasteiger partial charge on any atom is -0.396 e. The fourth-order valence-corrected chi connectivity index (χ4v) is 0.623. The Morgan fingerprint density at radius 3 is 2.00 bits per heavy atom. The van der Waals surface area contributed by atoms with Crippen molar-refractivity contribution in [1.29, 1.82) is 0 Å². The quantitative estimate of drug-likeness (QED) is 0.562. The predicted octanol–water partition coefficient (Wildman–Crippen LogP) is 0.386. The van der Waals surface area contributed by atoms with Gasteiger partial charge in [-0.3, -0.25) is 0 Å². The maximum Gasteiger partial charge on any atom is 0.0562 e. The number of aliphatic hydroxyl groups is 2. The molecule has 50 valence electrons. The molecule has 2 heteroatoms. The van der Waals surface area contributed by atoms with Gasteiger partial charge in [0.2, 0.25) is 0 Å². The Morgan fingerprint density at radius 1 is 1.50 bits per heavy atom. The summed E-state index contributed by atoms with van der Waals surface area (Å²) in [6, 6.07) is 0. The molecule has 0 unspecified atom stereocenters. The Balaban J connectivity index is 3.35. The van der Waals surface area contributed by atoms with Crippen LogP contribution in [0.5, 0.6) is 0 Å². The van der Waals surface area contributed by atoms with Crippen molar-refractivity contribution in [2.45, 2.75) is 26.4 Å². The third kappa shape index (κ3) is 2.28. The first-order chi connectivity index (χ1) is 3.72. The molecule has 8 heavy (non-hydrogen) atoms. The van der Waals surface area contributed by atoms with Crippen LogP contribution in [0.4, 0.5) is 0 Å². The van der Waals surface area contributed by atoms with Crippen LogP contribution in [0.2, 0.25) is 0 Å². The lowest BCUT2D eigenvalue weighted by molar-refractivity contribution is 0.0787. The predicted molar refractivity (Wildman–Crippen MR) is 32.5 cm³/mol. The van der Waals surface area contributed by atoms with E-state index in [0.717, 1.165) is 6.42 Å². The van der Waals surface area contributed by atoms with Gasteiger partial charge in [-0.25, -0.2) is 0 Å². The molecule has 0 aliphatic rings. The third-order valence-corrected chi connectivity index (χ3v) is 1.44. The average molecular weight is 118 g/mol. The van der Waals surface area contributed by atoms with Gasteiger partial charge in [0.1, 0.15) is 0 Å². The molecule has 2 nitrogen and oxygen atoms in total. The van der Waals surface area contributed by atoms with Crippen molar-refractivity contribution in [3.63, 3.8) is 0 Å². The molecular weight excluding hydrogens is 104 g/mol. The second-order valence-corrected chi connectivity index (χ2v) is 2.09. The molecule has 0 aliphatic heterocycles. The van der Waals surface area contributed by atoms with Crippen molar-refractivity contribution >= 4 is 0 Å². The van der Waals surface area contributed by atoms with Crippen LogP contribution >= 0.6 is 0 Å². The molecule has 0 fully saturated rings. The van der Waals surface area contributed by atoms with Gasteiger partial charge in [0, 0.05) is 12.5 Å². The zero-order valence-electron chi connectivity index (χ0n) is 5.46. The van der Waals surface area contributed by atoms with Crippen molar-refractivity contribution in [3.8, 4) is 0 Å². The van der Waals surface area contributed by atoms with E-state index in [0.29, 0.717) is 0 Å². The SMILES string of the molecule is CC[C@@H](CO)[C@@H](C)O. The molecule has 2 N–H and O–H groups in total. The molecule has 0 amide bonds. The molecule has 0 rings (SSSR count). The second kappa shape index (κ2) is 3.87. The van der Waals surface area contributed by atoms with E-state index in [9.17, 15) is 0 Å². The molecule has 2 atom stereocenters. The highest BCUT2D eigenvalue weighted by Crippen LogP contribution is 2.05. The topological polar surface area (TPSA) is 40.5 Å². The van der Waals surface area contributed by atoms with Crippen LogP contribution in [-0.2, 0) is 0 Å². The summed E-state index contributed by atoms with van der Waals surface area (Å²) in [7, 11) is 0. The maximum absolute atomic E-state index is 8.85. The van der Waals surface area contributed by atoms with E-state index in [1.165, 1.54) is 0 Å². The Hall–Kier alpha value is -0.0800. The van der Waals surface area contributed by atoms with Gasteiger partial charge < -0.3 is 10.2 Å². The van der Waals surface area contributed by atoms with Crippen molar-refractivity contribution in [2.24, 2.45) is 5.92 Å². The highest BCUT2D eigenvalue weighted by Gasteiger charge is 2.09. The van der Waals surface area contributed by atoms with Gasteiger partial charge >= 0.3 is 0 Å². The summed E-state index contributed by atoms with van der Waals surface area (Å²) in [4.78, 5) is 0. The van der Waals surface area contributed by atoms with Crippen molar-refractivity contribution in [2.75, 3.05) is 6.61 Å². The molecule has 0 saturated heterocycles. The minimum atomic E-state index is -0.370. The summed E-state index contributed by atoms with van der Waals surface area (Å²) >= 11 is 0. The van der Waals surface area contributed by atoms with E-state index in [1.54, 1.807) is 6.92 Å². The highest BCUT2D eigenvalue weighted by atomic mass is 16.3. The van der Waals surface area contributed by atoms with E-state index >= 15 is 0 Å². The van der Waals surface area contributed by atoms with Crippen LogP contribution in [0.1, 0.15) is 20.3 Å². The first kappa shape index (κ1) is 7.92. The van der Waals surface area contributed by atoms with Gasteiger partial charge in [0.15, 0.2) is 0 Å². The largest absolute Gasteiger partial charge is 0.396 e. The lowest BCUT2D eigenvalue weighted by atomic mass is 10.0. The standard InChI is InChI=1S/C6H14O2/c1-3-6(4-7)5(2)8/h5-8H,3-4H2,1-2H3/t5-,6+/m1/s1. The van der Waals surface area contributed by atoms with Gasteiger partial charge in [-0.2, -0.15) is 0 Å². The monoisotopic (exact) mass is 118 g/mol. The average Bonchev–Trinajstić information content (AvgIpc) is 1.69. The smallest absolute Gasteiger partial charge is 0.0562 e. The molecule has 0 aliphatic carbocycles. The fourth-order valence-electron chi connectivity index (χ4n) is 0.623. The van der Waals surface area contributed by atoms with E-state index in [4.69, 9.17) is 10.2 Å². The minimum absolute atomic E-state index is 0.0648. The van der Waals surface area contributed by atoms with Crippen LogP contribution in [0.3, 0.4) is 0 Å². The molecular formula is C6H14O2. The van der Waals surface area contributed by atoms with Crippen LogP contribution in [-0.4, -0.2) is 22.9 Å². The zero-order valence-corrected chi connectivity index (χ0v) is 5.46. The first-order valence-electron chi connectivity index (χ1n) is 3.01. The number of hydrogen-bond donors (Lipinski definition) is 2. The molecule has 0 spiro atoms. The van der Waals surface area contributed by atoms with Crippen LogP contribution < -0.4 is 0 Å². The van der Waals surface area contributed by atoms with Crippen molar-refractivity contribution < 1.29 is 10.2 Å². The summed E-state index contributed by atoms with van der Waals surface area (Å²) in [5, 5.41) is 17.4. The van der Waals surface area contributed by atoms with E-state index < -0.39 is 0 Å². The number of hydrogen-bond acceptors (Lipinski definition) is 2. The van der Waals surface area contributed by atoms with Crippen LogP contribution in [0.15, 0.2) is 0 Å². The summed E-state index contributed by atoms with van der Waals surface area (Å²) in [6.45, 7) is 3.74. The molecule has 0 aromatic rings. The lowest BCUT2D eigenvalue weighted by Gasteiger charge is -2.13. The Kier molecular flexibility index (Phi) is 3.83. The summed E-state index contributed by atoms with van der Waals surface area (Å²) in [5.41, 5.74) is 0. The number of aliphatic hydroxyl groups excluding tert-OH is 2. The van der Waals surface area contributed by atoms with Crippen LogP contribution in [0, 0.1) is 5.92 Å². The lowest BCUT2D eigenvalue weighted by Crippen LogP contribution is -2.19. The Morgan fingerprint density at radius 2 is 2.00 bits per heavy atom. The second-order valence-electron chi connectivity index (χ2n) is 2.09. The van der Waals surface area contributed by atoms with Gasteiger partial charge in [-0.1, -0.05) is 6.92 Å². The molecule has 0 heterocycles. The maximum atomic E-state index is 8.85. The normalized spacial score (nSPS) is 18.0. The molecule has 0 aromatic carbocycles. The van der Waals surface area contributed by atoms with Gasteiger partial charge in [-0.15, -0.1) is 0 Å². The Bertz CT molecular complexity index is 48.5. The van der Waals surface area contributed by atoms with Gasteiger partial charge in [0.05, 0.1) is 6.10 Å². The van der Waals surface area contributed by atoms with Gasteiger partial charge in [0.25, 0.3) is 0 Å². The number of rotatable bonds is 3. The van der Waals surface area contributed by atoms with E-state index in [-0.39, 0.29) is 18.6 Å². The summed E-state index contributed by atoms with van der Waals surface area (Å²) in [6.07, 6.45) is 0.471. The third-order valence-electron chi connectivity index (χ3n) is 1.44. The van der Waals surface area contributed by atoms with Crippen molar-refractivity contribution in [3.05, 3.63) is 0 Å². The van der Waals surface area contributed by atoms with Crippen molar-refractivity contribution in [1.82, 2.24) is 0 Å². The molecule has 0 saturated carbocycles. The summed E-state index contributed by atoms with van der Waals surface area (Å²) < 4.78 is 0. The van der Waals surface area contributed by atoms with Gasteiger partial charge in [-0.05, 0) is 13.3 Å². The summed E-state index contributed by atoms with van der Waals surface area (Å²) in [5.74, 6) is 0.0648. The molecule has 0 bridgehead atoms. The van der Waals surface area contributed by atoms with Crippen LogP contribution in [0.25, 0.3) is 0 Å². The van der Waals surface area contributed by atoms with E-state index in [1.807, 2.05) is 6.92 Å². The Labute approximate surface area is 50.2 Å². The van der Waals surface area contributed by atoms with E-state index in [2.05, 4.69) is 0 Å².